The average molecular weight is 517 g/mol. The Morgan fingerprint density at radius 2 is 1.85 bits per heavy atom. The Kier molecular flexibility index (Phi) is 5.90. The van der Waals surface area contributed by atoms with E-state index >= 15 is 0 Å². The first-order valence-corrected chi connectivity index (χ1v) is 13.2. The summed E-state index contributed by atoms with van der Waals surface area (Å²) >= 11 is 0. The molecule has 1 unspecified atom stereocenters. The van der Waals surface area contributed by atoms with Crippen molar-refractivity contribution in [3.8, 4) is 0 Å². The fraction of sp³-hybridized carbons (Fsp3) is 0.200. The maximum atomic E-state index is 6.16. The third-order valence-corrected chi connectivity index (χ3v) is 7.35. The maximum absolute atomic E-state index is 6.16. The quantitative estimate of drug-likeness (QED) is 0.323. The fourth-order valence-electron chi connectivity index (χ4n) is 5.56. The number of methoxy groups -OCH3 is 1. The lowest BCUT2D eigenvalue weighted by atomic mass is 9.87. The molecule has 0 amide bonds. The van der Waals surface area contributed by atoms with Crippen molar-refractivity contribution in [2.24, 2.45) is 4.99 Å². The summed E-state index contributed by atoms with van der Waals surface area (Å²) < 4.78 is 6.16. The number of H-pyrrole nitrogens is 1. The van der Waals surface area contributed by atoms with Gasteiger partial charge in [0.1, 0.15) is 11.7 Å². The molecule has 7 rings (SSSR count). The van der Waals surface area contributed by atoms with Crippen LogP contribution in [0.25, 0.3) is 16.6 Å². The zero-order chi connectivity index (χ0) is 26.2. The number of benzene rings is 2. The number of nitrogens with one attached hydrogen (secondary N) is 3. The van der Waals surface area contributed by atoms with E-state index in [0.29, 0.717) is 11.7 Å². The number of hydrazine groups is 1. The van der Waals surface area contributed by atoms with Crippen LogP contribution in [0.5, 0.6) is 0 Å². The van der Waals surface area contributed by atoms with E-state index in [1.807, 2.05) is 35.3 Å². The molecule has 9 nitrogen and oxygen atoms in total. The van der Waals surface area contributed by atoms with Gasteiger partial charge in [-0.1, -0.05) is 42.5 Å². The first-order valence-electron chi connectivity index (χ1n) is 13.2. The van der Waals surface area contributed by atoms with Crippen LogP contribution in [-0.2, 0) is 4.74 Å². The predicted molar refractivity (Wildman–Crippen MR) is 151 cm³/mol. The molecule has 0 saturated carbocycles. The maximum Gasteiger partial charge on any atom is 0.221 e. The van der Waals surface area contributed by atoms with Crippen LogP contribution < -0.4 is 10.7 Å². The number of ether oxygens (including phenoxy) is 1. The molecule has 194 valence electrons. The largest absolute Gasteiger partial charge is 0.481 e. The Morgan fingerprint density at radius 1 is 0.974 bits per heavy atom. The molecule has 0 bridgehead atoms. The van der Waals surface area contributed by atoms with Gasteiger partial charge in [-0.15, -0.1) is 0 Å². The van der Waals surface area contributed by atoms with Gasteiger partial charge in [0.25, 0.3) is 0 Å². The number of aromatic amines is 1. The van der Waals surface area contributed by atoms with Gasteiger partial charge in [0.15, 0.2) is 5.82 Å². The number of aromatic nitrogens is 4. The normalized spacial score (nSPS) is 19.2. The van der Waals surface area contributed by atoms with Gasteiger partial charge in [0, 0.05) is 24.0 Å². The van der Waals surface area contributed by atoms with Gasteiger partial charge >= 0.3 is 0 Å². The second-order valence-corrected chi connectivity index (χ2v) is 9.72. The molecule has 0 saturated heterocycles. The lowest BCUT2D eigenvalue weighted by molar-refractivity contribution is 0.145. The van der Waals surface area contributed by atoms with Crippen molar-refractivity contribution in [1.82, 2.24) is 30.6 Å². The number of rotatable bonds is 5. The van der Waals surface area contributed by atoms with Crippen molar-refractivity contribution in [2.75, 3.05) is 12.4 Å². The van der Waals surface area contributed by atoms with Crippen molar-refractivity contribution in [2.45, 2.75) is 31.7 Å². The highest BCUT2D eigenvalue weighted by molar-refractivity contribution is 6.29. The Morgan fingerprint density at radius 3 is 2.62 bits per heavy atom. The molecule has 39 heavy (non-hydrogen) atoms. The first-order chi connectivity index (χ1) is 19.3. The molecule has 4 aromatic rings. The summed E-state index contributed by atoms with van der Waals surface area (Å²) in [4.78, 5) is 14.2. The van der Waals surface area contributed by atoms with Gasteiger partial charge in [-0.05, 0) is 54.5 Å². The summed E-state index contributed by atoms with van der Waals surface area (Å²) in [5.41, 5.74) is 10.8. The zero-order valence-electron chi connectivity index (χ0n) is 21.6. The Hall–Kier alpha value is -4.76. The minimum atomic E-state index is -0.0605. The van der Waals surface area contributed by atoms with Crippen molar-refractivity contribution in [3.63, 3.8) is 0 Å². The molecule has 0 radical (unpaired) electrons. The third-order valence-electron chi connectivity index (χ3n) is 7.35. The minimum Gasteiger partial charge on any atom is -0.481 e. The molecule has 2 aromatic heterocycles. The number of aliphatic imine (C=N–C) groups is 1. The SMILES string of the molecule is COC1=C(c2ccc3nccnc3c2)C(Nc2ccn[nH]2)=NC2=C(C3=CCCCC3)C(c3ccccc3)NN21. The van der Waals surface area contributed by atoms with E-state index in [4.69, 9.17) is 9.73 Å². The molecule has 3 aliphatic rings. The van der Waals surface area contributed by atoms with Crippen molar-refractivity contribution in [3.05, 3.63) is 113 Å². The average Bonchev–Trinajstić information content (AvgIpc) is 3.65. The van der Waals surface area contributed by atoms with Crippen LogP contribution >= 0.6 is 0 Å². The van der Waals surface area contributed by atoms with Crippen LogP contribution in [0.3, 0.4) is 0 Å². The van der Waals surface area contributed by atoms with Gasteiger partial charge in [-0.3, -0.25) is 15.1 Å². The lowest BCUT2D eigenvalue weighted by Crippen LogP contribution is -2.38. The molecular weight excluding hydrogens is 488 g/mol. The van der Waals surface area contributed by atoms with E-state index in [0.717, 1.165) is 46.7 Å². The highest BCUT2D eigenvalue weighted by Gasteiger charge is 2.41. The summed E-state index contributed by atoms with van der Waals surface area (Å²) in [6.07, 6.45) is 12.0. The van der Waals surface area contributed by atoms with Crippen LogP contribution in [0.1, 0.15) is 42.9 Å². The van der Waals surface area contributed by atoms with Crippen LogP contribution in [-0.4, -0.2) is 38.1 Å². The molecule has 1 atom stereocenters. The standard InChI is InChI=1S/C30H28N8O/c1-39-30-26(21-12-13-22-23(18-21)32-17-16-31-22)28(34-24-14-15-33-36-24)35-29-25(19-8-4-2-5-9-19)27(37-38(29)30)20-10-6-3-7-11-20/h3,6-8,10-18,27,37H,2,4-5,9H2,1H3,(H2,33,34,35,36). The number of fused-ring (bicyclic) bond motifs is 2. The monoisotopic (exact) mass is 516 g/mol. The molecule has 9 heteroatoms. The van der Waals surface area contributed by atoms with Crippen molar-refractivity contribution >= 4 is 28.3 Å². The van der Waals surface area contributed by atoms with Crippen molar-refractivity contribution in [1.29, 1.82) is 0 Å². The first kappa shape index (κ1) is 23.4. The van der Waals surface area contributed by atoms with Crippen LogP contribution in [0.15, 0.2) is 107 Å². The molecule has 2 aromatic carbocycles. The Balaban J connectivity index is 1.45. The van der Waals surface area contributed by atoms with Gasteiger partial charge in [-0.2, -0.15) is 5.10 Å². The minimum absolute atomic E-state index is 0.0605. The number of nitrogens with zero attached hydrogens (tertiary/aromatic N) is 5. The summed E-state index contributed by atoms with van der Waals surface area (Å²) in [7, 11) is 1.70. The highest BCUT2D eigenvalue weighted by atomic mass is 16.5. The predicted octanol–water partition coefficient (Wildman–Crippen LogP) is 5.47. The molecule has 3 N–H and O–H groups in total. The zero-order valence-corrected chi connectivity index (χ0v) is 21.6. The number of anilines is 1. The van der Waals surface area contributed by atoms with Crippen LogP contribution in [0.4, 0.5) is 5.82 Å². The number of hydrogen-bond donors (Lipinski definition) is 3. The third kappa shape index (κ3) is 4.17. The van der Waals surface area contributed by atoms with Crippen molar-refractivity contribution < 1.29 is 4.74 Å². The molecular formula is C30H28N8O. The summed E-state index contributed by atoms with van der Waals surface area (Å²) in [6.45, 7) is 0. The summed E-state index contributed by atoms with van der Waals surface area (Å²) in [5.74, 6) is 2.88. The van der Waals surface area contributed by atoms with Gasteiger partial charge in [0.2, 0.25) is 5.88 Å². The topological polar surface area (TPSA) is 103 Å². The summed E-state index contributed by atoms with van der Waals surface area (Å²) in [6, 6.07) is 18.4. The second kappa shape index (κ2) is 9.85. The van der Waals surface area contributed by atoms with Crippen LogP contribution in [0, 0.1) is 0 Å². The van der Waals surface area contributed by atoms with Gasteiger partial charge in [0.05, 0.1) is 36.0 Å². The second-order valence-electron chi connectivity index (χ2n) is 9.72. The van der Waals surface area contributed by atoms with E-state index in [2.05, 4.69) is 61.2 Å². The number of amidine groups is 1. The molecule has 4 heterocycles. The van der Waals surface area contributed by atoms with E-state index in [-0.39, 0.29) is 6.04 Å². The fourth-order valence-corrected chi connectivity index (χ4v) is 5.56. The number of allylic oxidation sites excluding steroid dienone is 1. The van der Waals surface area contributed by atoms with Crippen LogP contribution in [0.2, 0.25) is 0 Å². The smallest absolute Gasteiger partial charge is 0.221 e. The highest BCUT2D eigenvalue weighted by Crippen LogP contribution is 2.45. The van der Waals surface area contributed by atoms with Gasteiger partial charge < -0.3 is 10.1 Å². The lowest BCUT2D eigenvalue weighted by Gasteiger charge is -2.30. The molecule has 0 spiro atoms. The molecule has 0 fully saturated rings. The van der Waals surface area contributed by atoms with E-state index in [9.17, 15) is 0 Å². The number of hydrogen-bond acceptors (Lipinski definition) is 8. The Bertz CT molecular complexity index is 1650. The van der Waals surface area contributed by atoms with E-state index < -0.39 is 0 Å². The summed E-state index contributed by atoms with van der Waals surface area (Å²) in [5, 5.41) is 12.6. The Labute approximate surface area is 226 Å². The molecule has 1 aliphatic carbocycles. The molecule has 2 aliphatic heterocycles. The van der Waals surface area contributed by atoms with E-state index in [1.165, 1.54) is 29.6 Å². The van der Waals surface area contributed by atoms with E-state index in [1.54, 1.807) is 25.7 Å². The van der Waals surface area contributed by atoms with Gasteiger partial charge in [-0.25, -0.2) is 15.4 Å².